The molecule has 17 heavy (non-hydrogen) atoms. The topological polar surface area (TPSA) is 24.3 Å². The minimum Gasteiger partial charge on any atom is -0.352 e. The quantitative estimate of drug-likeness (QED) is 0.749. The highest BCUT2D eigenvalue weighted by Crippen LogP contribution is 2.42. The molecule has 1 aliphatic heterocycles. The standard InChI is InChI=1S/C13H16N4/c1-10-15(2)11-6-4-5-7-12(11)17(10)13-8-9-14-16(13)3/h4-10H,1-3H3/t10-/m1/s1. The molecule has 1 aromatic heterocycles. The molecule has 0 amide bonds. The number of hydrogen-bond donors (Lipinski definition) is 0. The Bertz CT molecular complexity index is 546. The number of aromatic nitrogens is 2. The molecule has 3 rings (SSSR count). The number of benzene rings is 1. The van der Waals surface area contributed by atoms with E-state index in [1.165, 1.54) is 11.4 Å². The predicted molar refractivity (Wildman–Crippen MR) is 69.7 cm³/mol. The van der Waals surface area contributed by atoms with Gasteiger partial charge in [0.2, 0.25) is 0 Å². The molecule has 0 N–H and O–H groups in total. The molecule has 1 aromatic carbocycles. The highest BCUT2D eigenvalue weighted by molar-refractivity contribution is 5.82. The number of nitrogens with zero attached hydrogens (tertiary/aromatic N) is 4. The van der Waals surface area contributed by atoms with E-state index in [0.29, 0.717) is 6.17 Å². The lowest BCUT2D eigenvalue weighted by atomic mass is 10.2. The van der Waals surface area contributed by atoms with Crippen LogP contribution in [0.1, 0.15) is 6.92 Å². The number of para-hydroxylation sites is 2. The van der Waals surface area contributed by atoms with Crippen LogP contribution in [0.25, 0.3) is 0 Å². The smallest absolute Gasteiger partial charge is 0.132 e. The van der Waals surface area contributed by atoms with Crippen molar-refractivity contribution in [2.24, 2.45) is 7.05 Å². The first-order valence-electron chi connectivity index (χ1n) is 5.79. The maximum atomic E-state index is 4.25. The van der Waals surface area contributed by atoms with Crippen LogP contribution in [0.5, 0.6) is 0 Å². The van der Waals surface area contributed by atoms with Crippen LogP contribution in [0.4, 0.5) is 17.2 Å². The maximum Gasteiger partial charge on any atom is 0.132 e. The highest BCUT2D eigenvalue weighted by atomic mass is 15.5. The predicted octanol–water partition coefficient (Wildman–Crippen LogP) is 2.35. The molecule has 2 aromatic rings. The molecule has 4 nitrogen and oxygen atoms in total. The summed E-state index contributed by atoms with van der Waals surface area (Å²) < 4.78 is 1.91. The molecule has 1 atom stereocenters. The average molecular weight is 228 g/mol. The average Bonchev–Trinajstić information content (AvgIpc) is 2.84. The summed E-state index contributed by atoms with van der Waals surface area (Å²) >= 11 is 0. The van der Waals surface area contributed by atoms with Gasteiger partial charge in [-0.25, -0.2) is 0 Å². The van der Waals surface area contributed by atoms with Gasteiger partial charge < -0.3 is 9.80 Å². The summed E-state index contributed by atoms with van der Waals surface area (Å²) in [4.78, 5) is 4.59. The molecule has 0 radical (unpaired) electrons. The second kappa shape index (κ2) is 3.52. The minimum absolute atomic E-state index is 0.308. The lowest BCUT2D eigenvalue weighted by molar-refractivity contribution is 0.685. The zero-order valence-corrected chi connectivity index (χ0v) is 10.3. The first-order valence-corrected chi connectivity index (χ1v) is 5.79. The van der Waals surface area contributed by atoms with Crippen LogP contribution < -0.4 is 9.80 Å². The van der Waals surface area contributed by atoms with E-state index in [0.717, 1.165) is 5.82 Å². The Labute approximate surface area is 101 Å². The lowest BCUT2D eigenvalue weighted by Gasteiger charge is -2.27. The molecule has 0 unspecified atom stereocenters. The molecular weight excluding hydrogens is 212 g/mol. The molecule has 4 heteroatoms. The number of hydrogen-bond acceptors (Lipinski definition) is 3. The fraction of sp³-hybridized carbons (Fsp3) is 0.308. The van der Waals surface area contributed by atoms with Crippen LogP contribution in [0.15, 0.2) is 36.5 Å². The van der Waals surface area contributed by atoms with Crippen molar-refractivity contribution in [2.45, 2.75) is 13.1 Å². The number of fused-ring (bicyclic) bond motifs is 1. The third-order valence-electron chi connectivity index (χ3n) is 3.50. The normalized spacial score (nSPS) is 18.6. The van der Waals surface area contributed by atoms with Gasteiger partial charge in [-0.05, 0) is 19.1 Å². The largest absolute Gasteiger partial charge is 0.352 e. The Balaban J connectivity index is 2.16. The van der Waals surface area contributed by atoms with Gasteiger partial charge in [0.1, 0.15) is 12.0 Å². The van der Waals surface area contributed by atoms with Gasteiger partial charge >= 0.3 is 0 Å². The lowest BCUT2D eigenvalue weighted by Crippen LogP contribution is -2.36. The number of aryl methyl sites for hydroxylation is 1. The van der Waals surface area contributed by atoms with Crippen molar-refractivity contribution in [2.75, 3.05) is 16.8 Å². The summed E-state index contributed by atoms with van der Waals surface area (Å²) in [5.74, 6) is 1.12. The Kier molecular flexibility index (Phi) is 2.11. The van der Waals surface area contributed by atoms with Crippen molar-refractivity contribution in [3.63, 3.8) is 0 Å². The second-order valence-electron chi connectivity index (χ2n) is 4.41. The van der Waals surface area contributed by atoms with Crippen molar-refractivity contribution in [3.8, 4) is 0 Å². The van der Waals surface area contributed by atoms with E-state index in [2.05, 4.69) is 53.1 Å². The summed E-state index contributed by atoms with van der Waals surface area (Å²) in [5.41, 5.74) is 2.51. The van der Waals surface area contributed by atoms with E-state index in [1.807, 2.05) is 24.0 Å². The molecule has 0 saturated heterocycles. The van der Waals surface area contributed by atoms with Crippen LogP contribution in [-0.2, 0) is 7.05 Å². The highest BCUT2D eigenvalue weighted by Gasteiger charge is 2.32. The molecule has 1 aliphatic rings. The number of anilines is 3. The third-order valence-corrected chi connectivity index (χ3v) is 3.50. The minimum atomic E-state index is 0.308. The van der Waals surface area contributed by atoms with Gasteiger partial charge in [-0.2, -0.15) is 5.10 Å². The van der Waals surface area contributed by atoms with Crippen molar-refractivity contribution >= 4 is 17.2 Å². The Hall–Kier alpha value is -1.97. The van der Waals surface area contributed by atoms with Crippen molar-refractivity contribution < 1.29 is 0 Å². The zero-order valence-electron chi connectivity index (χ0n) is 10.3. The summed E-state index contributed by atoms with van der Waals surface area (Å²) in [6, 6.07) is 10.5. The Morgan fingerprint density at radius 2 is 1.76 bits per heavy atom. The van der Waals surface area contributed by atoms with Gasteiger partial charge in [0.25, 0.3) is 0 Å². The van der Waals surface area contributed by atoms with Crippen molar-refractivity contribution in [3.05, 3.63) is 36.5 Å². The van der Waals surface area contributed by atoms with Gasteiger partial charge in [-0.3, -0.25) is 4.68 Å². The van der Waals surface area contributed by atoms with Gasteiger partial charge in [-0.1, -0.05) is 12.1 Å². The van der Waals surface area contributed by atoms with Crippen LogP contribution in [0.2, 0.25) is 0 Å². The summed E-state index contributed by atoms with van der Waals surface area (Å²) in [5, 5.41) is 4.25. The molecule has 88 valence electrons. The van der Waals surface area contributed by atoms with E-state index >= 15 is 0 Å². The molecule has 0 saturated carbocycles. The van der Waals surface area contributed by atoms with E-state index in [4.69, 9.17) is 0 Å². The maximum absolute atomic E-state index is 4.25. The molecule has 0 spiro atoms. The monoisotopic (exact) mass is 228 g/mol. The van der Waals surface area contributed by atoms with Crippen LogP contribution in [0.3, 0.4) is 0 Å². The molecule has 2 heterocycles. The van der Waals surface area contributed by atoms with Crippen molar-refractivity contribution in [1.82, 2.24) is 9.78 Å². The van der Waals surface area contributed by atoms with Gasteiger partial charge in [-0.15, -0.1) is 0 Å². The van der Waals surface area contributed by atoms with Crippen LogP contribution >= 0.6 is 0 Å². The summed E-state index contributed by atoms with van der Waals surface area (Å²) in [6.07, 6.45) is 2.14. The first kappa shape index (κ1) is 10.2. The van der Waals surface area contributed by atoms with E-state index < -0.39 is 0 Å². The SMILES string of the molecule is C[C@@H]1N(C)c2ccccc2N1c1ccnn1C. The third kappa shape index (κ3) is 1.33. The summed E-state index contributed by atoms with van der Waals surface area (Å²) in [7, 11) is 4.10. The van der Waals surface area contributed by atoms with Crippen molar-refractivity contribution in [1.29, 1.82) is 0 Å². The summed E-state index contributed by atoms with van der Waals surface area (Å²) in [6.45, 7) is 2.20. The Morgan fingerprint density at radius 1 is 1.06 bits per heavy atom. The molecule has 0 bridgehead atoms. The van der Waals surface area contributed by atoms with Crippen LogP contribution in [0, 0.1) is 0 Å². The molecule has 0 fully saturated rings. The van der Waals surface area contributed by atoms with Crippen LogP contribution in [-0.4, -0.2) is 23.0 Å². The van der Waals surface area contributed by atoms with E-state index in [1.54, 1.807) is 0 Å². The fourth-order valence-electron chi connectivity index (χ4n) is 2.46. The Morgan fingerprint density at radius 3 is 2.41 bits per heavy atom. The van der Waals surface area contributed by atoms with Gasteiger partial charge in [0, 0.05) is 20.2 Å². The molecule has 0 aliphatic carbocycles. The zero-order chi connectivity index (χ0) is 12.0. The van der Waals surface area contributed by atoms with Gasteiger partial charge in [0.05, 0.1) is 17.6 Å². The number of rotatable bonds is 1. The second-order valence-corrected chi connectivity index (χ2v) is 4.41. The van der Waals surface area contributed by atoms with Gasteiger partial charge in [0.15, 0.2) is 0 Å². The van der Waals surface area contributed by atoms with E-state index in [-0.39, 0.29) is 0 Å². The molecular formula is C13H16N4. The first-order chi connectivity index (χ1) is 8.20. The van der Waals surface area contributed by atoms with E-state index in [9.17, 15) is 0 Å². The fourth-order valence-corrected chi connectivity index (χ4v) is 2.46.